The second kappa shape index (κ2) is 13.4. The van der Waals surface area contributed by atoms with Gasteiger partial charge in [-0.1, -0.05) is 23.5 Å². The third-order valence-corrected chi connectivity index (χ3v) is 7.81. The summed E-state index contributed by atoms with van der Waals surface area (Å²) >= 11 is 4.67. The van der Waals surface area contributed by atoms with Crippen LogP contribution in [-0.2, 0) is 19.1 Å². The van der Waals surface area contributed by atoms with Crippen molar-refractivity contribution >= 4 is 45.3 Å². The van der Waals surface area contributed by atoms with Crippen LogP contribution < -0.4 is 29.1 Å². The lowest BCUT2D eigenvalue weighted by Crippen LogP contribution is -2.40. The summed E-state index contributed by atoms with van der Waals surface area (Å²) in [5, 5.41) is 0. The smallest absolute Gasteiger partial charge is 0.343 e. The molecule has 0 saturated carbocycles. The largest absolute Gasteiger partial charge is 0.493 e. The molecule has 4 rings (SSSR count). The monoisotopic (exact) mass is 658 g/mol. The van der Waals surface area contributed by atoms with Gasteiger partial charge in [-0.3, -0.25) is 9.36 Å². The molecule has 0 saturated heterocycles. The van der Waals surface area contributed by atoms with Gasteiger partial charge in [-0.15, -0.1) is 0 Å². The van der Waals surface area contributed by atoms with Gasteiger partial charge in [-0.25, -0.2) is 14.6 Å². The molecular formula is C30H31BrN2O8S. The summed E-state index contributed by atoms with van der Waals surface area (Å²) in [6.45, 7) is 7.22. The number of thiazole rings is 1. The van der Waals surface area contributed by atoms with Crippen LogP contribution in [0.25, 0.3) is 6.08 Å². The predicted molar refractivity (Wildman–Crippen MR) is 161 cm³/mol. The number of esters is 2. The van der Waals surface area contributed by atoms with Gasteiger partial charge in [-0.05, 0) is 85.1 Å². The number of hydrogen-bond acceptors (Lipinski definition) is 10. The van der Waals surface area contributed by atoms with Crippen LogP contribution in [0.2, 0.25) is 0 Å². The molecule has 0 spiro atoms. The van der Waals surface area contributed by atoms with Crippen molar-refractivity contribution in [3.8, 4) is 17.2 Å². The molecule has 1 aliphatic heterocycles. The highest BCUT2D eigenvalue weighted by Gasteiger charge is 2.34. The fourth-order valence-electron chi connectivity index (χ4n) is 4.38. The van der Waals surface area contributed by atoms with E-state index in [2.05, 4.69) is 25.7 Å². The van der Waals surface area contributed by atoms with E-state index in [0.717, 1.165) is 0 Å². The van der Waals surface area contributed by atoms with Crippen molar-refractivity contribution < 1.29 is 33.3 Å². The SMILES string of the molecule is CCOC(=O)C1=C(C)N=c2s/c(=C\c3ccc(OCC(=O)OC)c(Br)c3)c(=O)n2[C@H]1c1ccc(OC(C)C)c(OC)c1. The van der Waals surface area contributed by atoms with Gasteiger partial charge in [0, 0.05) is 0 Å². The van der Waals surface area contributed by atoms with E-state index in [-0.39, 0.29) is 30.5 Å². The summed E-state index contributed by atoms with van der Waals surface area (Å²) in [6.07, 6.45) is 1.66. The lowest BCUT2D eigenvalue weighted by Gasteiger charge is -2.25. The summed E-state index contributed by atoms with van der Waals surface area (Å²) in [6, 6.07) is 9.77. The minimum Gasteiger partial charge on any atom is -0.493 e. The van der Waals surface area contributed by atoms with E-state index in [1.807, 2.05) is 19.9 Å². The highest BCUT2D eigenvalue weighted by Crippen LogP contribution is 2.36. The first-order chi connectivity index (χ1) is 20.1. The van der Waals surface area contributed by atoms with Crippen LogP contribution in [0.15, 0.2) is 61.9 Å². The number of ether oxygens (including phenoxy) is 5. The highest BCUT2D eigenvalue weighted by molar-refractivity contribution is 9.10. The molecule has 0 N–H and O–H groups in total. The quantitative estimate of drug-likeness (QED) is 0.301. The summed E-state index contributed by atoms with van der Waals surface area (Å²) in [5.74, 6) is 0.421. The maximum Gasteiger partial charge on any atom is 0.343 e. The van der Waals surface area contributed by atoms with Crippen LogP contribution in [-0.4, -0.2) is 50.0 Å². The van der Waals surface area contributed by atoms with Crippen molar-refractivity contribution in [3.63, 3.8) is 0 Å². The molecular weight excluding hydrogens is 628 g/mol. The zero-order chi connectivity index (χ0) is 30.6. The molecule has 3 aromatic rings. The number of carbonyl (C=O) groups is 2. The standard InChI is InChI=1S/C30H31BrN2O8S/c1-7-39-29(36)26-17(4)32-30-33(27(26)19-9-11-22(41-16(2)3)23(14-19)37-5)28(35)24(42-30)13-18-8-10-21(20(31)12-18)40-15-25(34)38-6/h8-14,16,27H,7,15H2,1-6H3/b24-13-/t27-/m0/s1. The number of carbonyl (C=O) groups excluding carboxylic acids is 2. The van der Waals surface area contributed by atoms with Crippen LogP contribution in [0.1, 0.15) is 44.9 Å². The topological polar surface area (TPSA) is 115 Å². The molecule has 2 aromatic carbocycles. The van der Waals surface area contributed by atoms with Crippen LogP contribution in [0, 0.1) is 0 Å². The number of halogens is 1. The molecule has 0 amide bonds. The summed E-state index contributed by atoms with van der Waals surface area (Å²) in [4.78, 5) is 43.6. The van der Waals surface area contributed by atoms with E-state index in [4.69, 9.17) is 18.9 Å². The Kier molecular flexibility index (Phi) is 9.89. The van der Waals surface area contributed by atoms with Crippen molar-refractivity contribution in [1.82, 2.24) is 4.57 Å². The second-order valence-electron chi connectivity index (χ2n) is 9.43. The number of nitrogens with zero attached hydrogens (tertiary/aromatic N) is 2. The van der Waals surface area contributed by atoms with Crippen LogP contribution >= 0.6 is 27.3 Å². The van der Waals surface area contributed by atoms with Crippen molar-refractivity contribution in [2.45, 2.75) is 39.8 Å². The van der Waals surface area contributed by atoms with Crippen molar-refractivity contribution in [1.29, 1.82) is 0 Å². The number of hydrogen-bond donors (Lipinski definition) is 0. The first kappa shape index (κ1) is 31.0. The zero-order valence-corrected chi connectivity index (χ0v) is 26.5. The van der Waals surface area contributed by atoms with Gasteiger partial charge < -0.3 is 23.7 Å². The van der Waals surface area contributed by atoms with E-state index in [1.54, 1.807) is 50.3 Å². The molecule has 0 fully saturated rings. The first-order valence-corrected chi connectivity index (χ1v) is 14.7. The number of rotatable bonds is 10. The average molecular weight is 660 g/mol. The highest BCUT2D eigenvalue weighted by atomic mass is 79.9. The fraction of sp³-hybridized carbons (Fsp3) is 0.333. The van der Waals surface area contributed by atoms with Gasteiger partial charge in [0.15, 0.2) is 22.9 Å². The molecule has 10 nitrogen and oxygen atoms in total. The molecule has 0 aliphatic carbocycles. The number of benzene rings is 2. The van der Waals surface area contributed by atoms with Crippen LogP contribution in [0.4, 0.5) is 0 Å². The molecule has 12 heteroatoms. The molecule has 0 unspecified atom stereocenters. The number of aromatic nitrogens is 1. The molecule has 0 bridgehead atoms. The van der Waals surface area contributed by atoms with Crippen LogP contribution in [0.3, 0.4) is 0 Å². The first-order valence-electron chi connectivity index (χ1n) is 13.1. The second-order valence-corrected chi connectivity index (χ2v) is 11.3. The third-order valence-electron chi connectivity index (χ3n) is 6.21. The van der Waals surface area contributed by atoms with E-state index >= 15 is 0 Å². The molecule has 1 aliphatic rings. The molecule has 0 radical (unpaired) electrons. The maximum atomic E-state index is 13.9. The van der Waals surface area contributed by atoms with E-state index in [0.29, 0.717) is 47.9 Å². The maximum absolute atomic E-state index is 13.9. The van der Waals surface area contributed by atoms with Gasteiger partial charge in [-0.2, -0.15) is 0 Å². The summed E-state index contributed by atoms with van der Waals surface area (Å²) in [5.41, 5.74) is 1.77. The minimum absolute atomic E-state index is 0.0758. The number of methoxy groups -OCH3 is 2. The Morgan fingerprint density at radius 1 is 1.12 bits per heavy atom. The van der Waals surface area contributed by atoms with Crippen molar-refractivity contribution in [2.24, 2.45) is 4.99 Å². The molecule has 222 valence electrons. The molecule has 42 heavy (non-hydrogen) atoms. The normalized spacial score (nSPS) is 14.8. The minimum atomic E-state index is -0.801. The van der Waals surface area contributed by atoms with E-state index < -0.39 is 18.0 Å². The predicted octanol–water partition coefficient (Wildman–Crippen LogP) is 3.91. The number of fused-ring (bicyclic) bond motifs is 1. The van der Waals surface area contributed by atoms with Gasteiger partial charge in [0.05, 0.1) is 53.2 Å². The van der Waals surface area contributed by atoms with Crippen LogP contribution in [0.5, 0.6) is 17.2 Å². The Labute approximate surface area is 255 Å². The molecule has 2 heterocycles. The Balaban J connectivity index is 1.83. The fourth-order valence-corrected chi connectivity index (χ4v) is 5.94. The zero-order valence-electron chi connectivity index (χ0n) is 24.1. The van der Waals surface area contributed by atoms with Crippen molar-refractivity contribution in [2.75, 3.05) is 27.4 Å². The third kappa shape index (κ3) is 6.60. The number of allylic oxidation sites excluding steroid dienone is 1. The van der Waals surface area contributed by atoms with Crippen molar-refractivity contribution in [3.05, 3.63) is 83.0 Å². The summed E-state index contributed by atoms with van der Waals surface area (Å²) < 4.78 is 29.5. The average Bonchev–Trinajstić information content (AvgIpc) is 3.25. The van der Waals surface area contributed by atoms with Gasteiger partial charge in [0.1, 0.15) is 5.75 Å². The Hall–Kier alpha value is -3.90. The van der Waals surface area contributed by atoms with Gasteiger partial charge in [0.2, 0.25) is 0 Å². The molecule has 1 aromatic heterocycles. The van der Waals surface area contributed by atoms with Gasteiger partial charge >= 0.3 is 11.9 Å². The Morgan fingerprint density at radius 2 is 1.86 bits per heavy atom. The van der Waals surface area contributed by atoms with Gasteiger partial charge in [0.25, 0.3) is 5.56 Å². The van der Waals surface area contributed by atoms with E-state index in [1.165, 1.54) is 30.1 Å². The lowest BCUT2D eigenvalue weighted by molar-refractivity contribution is -0.143. The Morgan fingerprint density at radius 3 is 2.50 bits per heavy atom. The molecule has 1 atom stereocenters. The summed E-state index contributed by atoms with van der Waals surface area (Å²) in [7, 11) is 2.82. The lowest BCUT2D eigenvalue weighted by atomic mass is 9.95. The van der Waals surface area contributed by atoms with E-state index in [9.17, 15) is 14.4 Å². The Bertz CT molecular complexity index is 1720.